The molecule has 0 saturated heterocycles. The fourth-order valence-corrected chi connectivity index (χ4v) is 5.69. The molecule has 0 aliphatic carbocycles. The van der Waals surface area contributed by atoms with Crippen molar-refractivity contribution in [3.05, 3.63) is 46.5 Å². The van der Waals surface area contributed by atoms with E-state index in [1.165, 1.54) is 11.1 Å². The van der Waals surface area contributed by atoms with Crippen molar-refractivity contribution in [3.8, 4) is 11.5 Å². The van der Waals surface area contributed by atoms with Crippen molar-refractivity contribution in [1.82, 2.24) is 0 Å². The average molecular weight is 423 g/mol. The number of hydrogen-bond donors (Lipinski definition) is 0. The van der Waals surface area contributed by atoms with Crippen LogP contribution in [0.25, 0.3) is 0 Å². The van der Waals surface area contributed by atoms with Gasteiger partial charge in [-0.3, -0.25) is 0 Å². The van der Waals surface area contributed by atoms with Crippen LogP contribution < -0.4 is 9.05 Å². The van der Waals surface area contributed by atoms with Gasteiger partial charge in [-0.05, 0) is 59.2 Å². The molecule has 146 valence electrons. The fraction of sp³-hybridized carbons (Fsp3) is 0.455. The molecule has 0 N–H and O–H groups in total. The van der Waals surface area contributed by atoms with Gasteiger partial charge in [0, 0.05) is 11.1 Å². The molecule has 27 heavy (non-hydrogen) atoms. The minimum absolute atomic E-state index is 0.0467. The van der Waals surface area contributed by atoms with Crippen LogP contribution in [0, 0.1) is 13.8 Å². The van der Waals surface area contributed by atoms with E-state index < -0.39 is 7.73 Å². The van der Waals surface area contributed by atoms with E-state index in [4.69, 9.17) is 20.3 Å². The first kappa shape index (κ1) is 20.8. The van der Waals surface area contributed by atoms with E-state index in [1.54, 1.807) is 11.8 Å². The van der Waals surface area contributed by atoms with Crippen molar-refractivity contribution >= 4 is 30.7 Å². The van der Waals surface area contributed by atoms with E-state index in [2.05, 4.69) is 79.7 Å². The Morgan fingerprint density at radius 2 is 1.11 bits per heavy atom. The summed E-state index contributed by atoms with van der Waals surface area (Å²) in [5.41, 5.74) is 4.67. The molecule has 2 nitrogen and oxygen atoms in total. The molecule has 0 unspecified atom stereocenters. The molecular formula is C22H28ClO2PS. The quantitative estimate of drug-likeness (QED) is 0.398. The zero-order valence-corrected chi connectivity index (χ0v) is 19.8. The summed E-state index contributed by atoms with van der Waals surface area (Å²) in [4.78, 5) is 2.20. The molecule has 0 bridgehead atoms. The minimum atomic E-state index is -1.60. The van der Waals surface area contributed by atoms with Crippen LogP contribution in [0.15, 0.2) is 34.1 Å². The second kappa shape index (κ2) is 7.17. The van der Waals surface area contributed by atoms with Crippen LogP contribution in [0.5, 0.6) is 11.5 Å². The van der Waals surface area contributed by atoms with Gasteiger partial charge in [-0.2, -0.15) is 0 Å². The Labute approximate surface area is 173 Å². The van der Waals surface area contributed by atoms with Crippen molar-refractivity contribution in [2.45, 2.75) is 76.0 Å². The Hall–Kier alpha value is -0.890. The molecule has 1 heterocycles. The molecule has 0 aromatic heterocycles. The zero-order valence-electron chi connectivity index (χ0n) is 17.4. The summed E-state index contributed by atoms with van der Waals surface area (Å²) in [7, 11) is -1.60. The van der Waals surface area contributed by atoms with Gasteiger partial charge in [0.05, 0.1) is 9.79 Å². The Morgan fingerprint density at radius 3 is 1.44 bits per heavy atom. The maximum Gasteiger partial charge on any atom is 0.401 e. The standard InChI is InChI=1S/C22H28ClO2PS/c1-13-9-15(21(3,4)5)19-17(11-13)27-18-12-14(2)10-16(22(6,7)8)20(18)25-26(23)24-19/h9-12H,1-8H3. The monoisotopic (exact) mass is 422 g/mol. The maximum absolute atomic E-state index is 6.58. The van der Waals surface area contributed by atoms with Gasteiger partial charge in [0.1, 0.15) is 11.5 Å². The van der Waals surface area contributed by atoms with Crippen molar-refractivity contribution in [3.63, 3.8) is 0 Å². The van der Waals surface area contributed by atoms with Crippen molar-refractivity contribution in [2.24, 2.45) is 0 Å². The highest BCUT2D eigenvalue weighted by molar-refractivity contribution is 7.99. The third kappa shape index (κ3) is 4.42. The molecule has 3 rings (SSSR count). The molecule has 1 aliphatic heterocycles. The van der Waals surface area contributed by atoms with Crippen LogP contribution in [0.3, 0.4) is 0 Å². The number of aryl methyl sites for hydroxylation is 2. The Kier molecular flexibility index (Phi) is 5.53. The molecular weight excluding hydrogens is 395 g/mol. The van der Waals surface area contributed by atoms with Gasteiger partial charge in [-0.25, -0.2) is 0 Å². The van der Waals surface area contributed by atoms with E-state index in [0.29, 0.717) is 0 Å². The van der Waals surface area contributed by atoms with Crippen LogP contribution in [-0.2, 0) is 10.8 Å². The summed E-state index contributed by atoms with van der Waals surface area (Å²) in [6, 6.07) is 8.75. The van der Waals surface area contributed by atoms with E-state index >= 15 is 0 Å². The van der Waals surface area contributed by atoms with Gasteiger partial charge >= 0.3 is 7.73 Å². The lowest BCUT2D eigenvalue weighted by molar-refractivity contribution is 0.458. The van der Waals surface area contributed by atoms with Gasteiger partial charge in [0.2, 0.25) is 0 Å². The first-order chi connectivity index (χ1) is 12.4. The second-order valence-electron chi connectivity index (χ2n) is 9.28. The number of fused-ring (bicyclic) bond motifs is 2. The van der Waals surface area contributed by atoms with Crippen molar-refractivity contribution < 1.29 is 9.05 Å². The zero-order chi connectivity index (χ0) is 20.1. The maximum atomic E-state index is 6.58. The summed E-state index contributed by atoms with van der Waals surface area (Å²) in [6.45, 7) is 17.4. The van der Waals surface area contributed by atoms with Crippen LogP contribution >= 0.6 is 30.7 Å². The SMILES string of the molecule is Cc1cc2c(c(C(C)(C)C)c1)OP(Cl)Oc1c(cc(C)cc1C(C)(C)C)S2. The Bertz CT molecular complexity index is 810. The summed E-state index contributed by atoms with van der Waals surface area (Å²) in [5, 5.41) is 0. The first-order valence-electron chi connectivity index (χ1n) is 9.16. The van der Waals surface area contributed by atoms with Gasteiger partial charge < -0.3 is 9.05 Å². The topological polar surface area (TPSA) is 18.5 Å². The van der Waals surface area contributed by atoms with Gasteiger partial charge in [0.25, 0.3) is 0 Å². The predicted octanol–water partition coefficient (Wildman–Crippen LogP) is 8.29. The molecule has 0 radical (unpaired) electrons. The summed E-state index contributed by atoms with van der Waals surface area (Å²) < 4.78 is 12.4. The molecule has 0 spiro atoms. The minimum Gasteiger partial charge on any atom is -0.426 e. The normalized spacial score (nSPS) is 15.1. The van der Waals surface area contributed by atoms with Gasteiger partial charge in [-0.15, -0.1) is 0 Å². The highest BCUT2D eigenvalue weighted by Crippen LogP contribution is 2.57. The van der Waals surface area contributed by atoms with E-state index in [1.807, 2.05) is 0 Å². The molecule has 5 heteroatoms. The third-order valence-corrected chi connectivity index (χ3v) is 6.67. The van der Waals surface area contributed by atoms with E-state index in [9.17, 15) is 0 Å². The van der Waals surface area contributed by atoms with Crippen molar-refractivity contribution in [2.75, 3.05) is 0 Å². The lowest BCUT2D eigenvalue weighted by Crippen LogP contribution is -2.16. The molecule has 0 amide bonds. The van der Waals surface area contributed by atoms with Crippen molar-refractivity contribution in [1.29, 1.82) is 0 Å². The molecule has 0 atom stereocenters. The second-order valence-corrected chi connectivity index (χ2v) is 12.0. The molecule has 2 aromatic rings. The highest BCUT2D eigenvalue weighted by atomic mass is 35.7. The molecule has 0 fully saturated rings. The van der Waals surface area contributed by atoms with Gasteiger partial charge in [0.15, 0.2) is 0 Å². The van der Waals surface area contributed by atoms with Crippen LogP contribution in [0.1, 0.15) is 63.8 Å². The lowest BCUT2D eigenvalue weighted by Gasteiger charge is -2.30. The number of rotatable bonds is 0. The largest absolute Gasteiger partial charge is 0.426 e. The van der Waals surface area contributed by atoms with Crippen LogP contribution in [0.2, 0.25) is 0 Å². The number of benzene rings is 2. The number of hydrogen-bond acceptors (Lipinski definition) is 3. The highest BCUT2D eigenvalue weighted by Gasteiger charge is 2.31. The molecule has 1 aliphatic rings. The summed E-state index contributed by atoms with van der Waals surface area (Å²) >= 11 is 8.29. The summed E-state index contributed by atoms with van der Waals surface area (Å²) in [5.74, 6) is 1.70. The molecule has 2 aromatic carbocycles. The summed E-state index contributed by atoms with van der Waals surface area (Å²) in [6.07, 6.45) is 0. The lowest BCUT2D eigenvalue weighted by atomic mass is 9.85. The Balaban J connectivity index is 2.26. The van der Waals surface area contributed by atoms with Crippen LogP contribution in [-0.4, -0.2) is 0 Å². The number of halogens is 1. The molecule has 0 saturated carbocycles. The first-order valence-corrected chi connectivity index (χ1v) is 12.1. The van der Waals surface area contributed by atoms with E-state index in [0.717, 1.165) is 32.4 Å². The van der Waals surface area contributed by atoms with Crippen LogP contribution in [0.4, 0.5) is 0 Å². The Morgan fingerprint density at radius 1 is 0.741 bits per heavy atom. The smallest absolute Gasteiger partial charge is 0.401 e. The third-order valence-electron chi connectivity index (χ3n) is 4.56. The average Bonchev–Trinajstić information content (AvgIpc) is 2.48. The van der Waals surface area contributed by atoms with Gasteiger partial charge in [-0.1, -0.05) is 65.4 Å². The fourth-order valence-electron chi connectivity index (χ4n) is 3.21. The van der Waals surface area contributed by atoms with E-state index in [-0.39, 0.29) is 10.8 Å². The predicted molar refractivity (Wildman–Crippen MR) is 118 cm³/mol.